The van der Waals surface area contributed by atoms with Gasteiger partial charge in [0.25, 0.3) is 0 Å². The average molecular weight is 358 g/mol. The van der Waals surface area contributed by atoms with Crippen LogP contribution in [0.15, 0.2) is 42.5 Å². The number of halogens is 1. The smallest absolute Gasteiger partial charge is 0.335 e. The summed E-state index contributed by atoms with van der Waals surface area (Å²) in [6.07, 6.45) is 1.59. The highest BCUT2D eigenvalue weighted by Crippen LogP contribution is 2.35. The largest absolute Gasteiger partial charge is 0.478 e. The fourth-order valence-electron chi connectivity index (χ4n) is 3.31. The van der Waals surface area contributed by atoms with Crippen molar-refractivity contribution in [2.45, 2.75) is 38.1 Å². The third kappa shape index (κ3) is 3.27. The molecule has 2 aromatic rings. The molecule has 0 heterocycles. The minimum Gasteiger partial charge on any atom is -0.478 e. The molecule has 0 unspecified atom stereocenters. The summed E-state index contributed by atoms with van der Waals surface area (Å²) < 4.78 is 0. The first-order chi connectivity index (χ1) is 11.8. The Morgan fingerprint density at radius 1 is 1.20 bits per heavy atom. The lowest BCUT2D eigenvalue weighted by molar-refractivity contribution is -0.126. The van der Waals surface area contributed by atoms with Crippen molar-refractivity contribution in [1.29, 1.82) is 0 Å². The molecular weight excluding hydrogens is 338 g/mol. The summed E-state index contributed by atoms with van der Waals surface area (Å²) in [5.74, 6) is -1.09. The van der Waals surface area contributed by atoms with Crippen LogP contribution in [-0.4, -0.2) is 17.0 Å². The molecule has 4 nitrogen and oxygen atoms in total. The zero-order valence-corrected chi connectivity index (χ0v) is 14.9. The van der Waals surface area contributed by atoms with Gasteiger partial charge in [0.15, 0.2) is 0 Å². The van der Waals surface area contributed by atoms with Crippen LogP contribution in [0.5, 0.6) is 0 Å². The van der Waals surface area contributed by atoms with E-state index in [-0.39, 0.29) is 17.5 Å². The Labute approximate surface area is 151 Å². The Hall–Kier alpha value is -2.33. The fourth-order valence-corrected chi connectivity index (χ4v) is 3.69. The maximum atomic E-state index is 12.9. The molecule has 0 aliphatic heterocycles. The Morgan fingerprint density at radius 3 is 2.60 bits per heavy atom. The van der Waals surface area contributed by atoms with E-state index in [0.717, 1.165) is 29.5 Å². The van der Waals surface area contributed by atoms with Gasteiger partial charge >= 0.3 is 5.97 Å². The first kappa shape index (κ1) is 17.5. The predicted molar refractivity (Wildman–Crippen MR) is 97.1 cm³/mol. The second-order valence-corrected chi connectivity index (χ2v) is 7.30. The van der Waals surface area contributed by atoms with Crippen LogP contribution in [-0.2, 0) is 16.6 Å². The topological polar surface area (TPSA) is 66.4 Å². The number of aromatic carboxylic acids is 1. The van der Waals surface area contributed by atoms with E-state index < -0.39 is 11.4 Å². The molecule has 0 aromatic heterocycles. The second kappa shape index (κ2) is 6.52. The highest BCUT2D eigenvalue weighted by atomic mass is 35.5. The number of carboxylic acid groups (broad SMARTS) is 1. The summed E-state index contributed by atoms with van der Waals surface area (Å²) in [4.78, 5) is 24.1. The summed E-state index contributed by atoms with van der Waals surface area (Å²) in [5.41, 5.74) is 2.21. The number of benzene rings is 2. The Kier molecular flexibility index (Phi) is 4.56. The van der Waals surface area contributed by atoms with Gasteiger partial charge in [-0.3, -0.25) is 4.79 Å². The molecule has 0 saturated carbocycles. The van der Waals surface area contributed by atoms with Gasteiger partial charge in [0.05, 0.1) is 17.0 Å². The van der Waals surface area contributed by atoms with Gasteiger partial charge in [0, 0.05) is 5.02 Å². The first-order valence-electron chi connectivity index (χ1n) is 8.23. The molecule has 1 amide bonds. The summed E-state index contributed by atoms with van der Waals surface area (Å²) in [6.45, 7) is 3.68. The van der Waals surface area contributed by atoms with E-state index >= 15 is 0 Å². The maximum absolute atomic E-state index is 12.9. The van der Waals surface area contributed by atoms with Crippen molar-refractivity contribution >= 4 is 23.5 Å². The van der Waals surface area contributed by atoms with E-state index in [1.54, 1.807) is 18.2 Å². The van der Waals surface area contributed by atoms with E-state index in [1.165, 1.54) is 0 Å². The van der Waals surface area contributed by atoms with Gasteiger partial charge < -0.3 is 10.4 Å². The van der Waals surface area contributed by atoms with Crippen LogP contribution in [0.4, 0.5) is 0 Å². The number of rotatable bonds is 4. The number of aryl methyl sites for hydroxylation is 1. The standard InChI is InChI=1S/C20H20ClNO3/c1-20(2,15-5-3-4-6-16(15)21)19(25)22-17-10-9-12-7-8-13(18(23)24)11-14(12)17/h3-8,11,17H,9-10H2,1-2H3,(H,22,25)(H,23,24)/t17-/m1/s1. The van der Waals surface area contributed by atoms with Crippen LogP contribution in [0.2, 0.25) is 5.02 Å². The van der Waals surface area contributed by atoms with Gasteiger partial charge in [0.1, 0.15) is 0 Å². The van der Waals surface area contributed by atoms with Gasteiger partial charge in [-0.2, -0.15) is 0 Å². The lowest BCUT2D eigenvalue weighted by atomic mass is 9.83. The van der Waals surface area contributed by atoms with Crippen molar-refractivity contribution < 1.29 is 14.7 Å². The number of carbonyl (C=O) groups excluding carboxylic acids is 1. The summed E-state index contributed by atoms with van der Waals surface area (Å²) in [5, 5.41) is 12.8. The van der Waals surface area contributed by atoms with E-state index in [9.17, 15) is 14.7 Å². The van der Waals surface area contributed by atoms with Crippen molar-refractivity contribution in [2.75, 3.05) is 0 Å². The monoisotopic (exact) mass is 357 g/mol. The maximum Gasteiger partial charge on any atom is 0.335 e. The molecule has 2 N–H and O–H groups in total. The van der Waals surface area contributed by atoms with Crippen molar-refractivity contribution in [3.63, 3.8) is 0 Å². The van der Waals surface area contributed by atoms with Gasteiger partial charge in [0.2, 0.25) is 5.91 Å². The Bertz CT molecular complexity index is 845. The summed E-state index contributed by atoms with van der Waals surface area (Å²) in [6, 6.07) is 12.3. The molecule has 25 heavy (non-hydrogen) atoms. The molecule has 1 aliphatic carbocycles. The molecule has 130 valence electrons. The lowest BCUT2D eigenvalue weighted by Gasteiger charge is -2.27. The molecule has 0 radical (unpaired) electrons. The molecule has 0 spiro atoms. The first-order valence-corrected chi connectivity index (χ1v) is 8.60. The van der Waals surface area contributed by atoms with Crippen molar-refractivity contribution in [3.05, 3.63) is 69.7 Å². The number of hydrogen-bond donors (Lipinski definition) is 2. The van der Waals surface area contributed by atoms with Crippen LogP contribution < -0.4 is 5.32 Å². The van der Waals surface area contributed by atoms with Gasteiger partial charge in [-0.1, -0.05) is 35.9 Å². The second-order valence-electron chi connectivity index (χ2n) is 6.89. The van der Waals surface area contributed by atoms with Crippen LogP contribution in [0.3, 0.4) is 0 Å². The number of hydrogen-bond acceptors (Lipinski definition) is 2. The lowest BCUT2D eigenvalue weighted by Crippen LogP contribution is -2.41. The SMILES string of the molecule is CC(C)(C(=O)N[C@@H]1CCc2ccc(C(=O)O)cc21)c1ccccc1Cl. The normalized spacial score (nSPS) is 16.4. The number of carboxylic acids is 1. The Morgan fingerprint density at radius 2 is 1.92 bits per heavy atom. The molecule has 0 fully saturated rings. The minimum absolute atomic E-state index is 0.126. The van der Waals surface area contributed by atoms with Crippen LogP contribution >= 0.6 is 11.6 Å². The van der Waals surface area contributed by atoms with E-state index in [0.29, 0.717) is 5.02 Å². The zero-order chi connectivity index (χ0) is 18.2. The highest BCUT2D eigenvalue weighted by Gasteiger charge is 2.34. The number of carbonyl (C=O) groups is 2. The molecular formula is C20H20ClNO3. The number of amides is 1. The molecule has 0 saturated heterocycles. The van der Waals surface area contributed by atoms with Gasteiger partial charge in [-0.25, -0.2) is 4.79 Å². The zero-order valence-electron chi connectivity index (χ0n) is 14.2. The molecule has 2 aromatic carbocycles. The van der Waals surface area contributed by atoms with Gasteiger partial charge in [-0.15, -0.1) is 0 Å². The third-order valence-corrected chi connectivity index (χ3v) is 5.22. The third-order valence-electron chi connectivity index (χ3n) is 4.89. The van der Waals surface area contributed by atoms with Crippen molar-refractivity contribution in [2.24, 2.45) is 0 Å². The number of fused-ring (bicyclic) bond motifs is 1. The molecule has 1 atom stereocenters. The van der Waals surface area contributed by atoms with E-state index in [1.807, 2.05) is 38.1 Å². The molecule has 5 heteroatoms. The van der Waals surface area contributed by atoms with Crippen molar-refractivity contribution in [3.8, 4) is 0 Å². The van der Waals surface area contributed by atoms with E-state index in [4.69, 9.17) is 11.6 Å². The predicted octanol–water partition coefficient (Wildman–Crippen LogP) is 4.12. The van der Waals surface area contributed by atoms with Crippen LogP contribution in [0, 0.1) is 0 Å². The number of nitrogens with one attached hydrogen (secondary N) is 1. The summed E-state index contributed by atoms with van der Waals surface area (Å²) >= 11 is 6.26. The molecule has 1 aliphatic rings. The summed E-state index contributed by atoms with van der Waals surface area (Å²) in [7, 11) is 0. The van der Waals surface area contributed by atoms with Crippen LogP contribution in [0.1, 0.15) is 53.4 Å². The highest BCUT2D eigenvalue weighted by molar-refractivity contribution is 6.31. The van der Waals surface area contributed by atoms with E-state index in [2.05, 4.69) is 5.32 Å². The van der Waals surface area contributed by atoms with Crippen molar-refractivity contribution in [1.82, 2.24) is 5.32 Å². The molecule has 0 bridgehead atoms. The average Bonchev–Trinajstić information content (AvgIpc) is 2.97. The Balaban J connectivity index is 1.85. The van der Waals surface area contributed by atoms with Crippen LogP contribution in [0.25, 0.3) is 0 Å². The molecule has 3 rings (SSSR count). The van der Waals surface area contributed by atoms with Gasteiger partial charge in [-0.05, 0) is 61.6 Å². The minimum atomic E-state index is -0.962. The fraction of sp³-hybridized carbons (Fsp3) is 0.300. The quantitative estimate of drug-likeness (QED) is 0.865.